The van der Waals surface area contributed by atoms with Crippen molar-refractivity contribution in [3.63, 3.8) is 0 Å². The van der Waals surface area contributed by atoms with Crippen molar-refractivity contribution in [2.45, 2.75) is 31.5 Å². The molecule has 1 saturated heterocycles. The summed E-state index contributed by atoms with van der Waals surface area (Å²) in [6, 6.07) is 0. The van der Waals surface area contributed by atoms with Crippen LogP contribution in [0.5, 0.6) is 0 Å². The number of nitrogens with one attached hydrogen (secondary N) is 2. The maximum atomic E-state index is 12.3. The molecule has 0 spiro atoms. The molecule has 0 aliphatic carbocycles. The Bertz CT molecular complexity index is 759. The summed E-state index contributed by atoms with van der Waals surface area (Å²) in [7, 11) is 0. The summed E-state index contributed by atoms with van der Waals surface area (Å²) in [6.45, 7) is 0.0773. The van der Waals surface area contributed by atoms with Gasteiger partial charge in [-0.15, -0.1) is 0 Å². The zero-order chi connectivity index (χ0) is 18.9. The Hall–Kier alpha value is -2.18. The Labute approximate surface area is 138 Å². The second kappa shape index (κ2) is 6.98. The summed E-state index contributed by atoms with van der Waals surface area (Å²) in [5.41, 5.74) is -1.43. The third kappa shape index (κ3) is 3.91. The maximum Gasteiger partial charge on any atom is 0.471 e. The number of aromatic nitrogens is 2. The monoisotopic (exact) mass is 367 g/mol. The van der Waals surface area contributed by atoms with Gasteiger partial charge in [0, 0.05) is 18.3 Å². The van der Waals surface area contributed by atoms with E-state index in [1.165, 1.54) is 6.92 Å². The molecule has 2 rings (SSSR count). The highest BCUT2D eigenvalue weighted by Crippen LogP contribution is 2.33. The molecule has 0 saturated carbocycles. The topological polar surface area (TPSA) is 134 Å². The van der Waals surface area contributed by atoms with E-state index in [2.05, 4.69) is 0 Å². The average molecular weight is 367 g/mol. The van der Waals surface area contributed by atoms with Gasteiger partial charge in [0.05, 0.1) is 18.6 Å². The molecule has 1 aromatic rings. The maximum absolute atomic E-state index is 12.3. The van der Waals surface area contributed by atoms with Crippen molar-refractivity contribution >= 4 is 5.91 Å². The van der Waals surface area contributed by atoms with Crippen LogP contribution in [-0.4, -0.2) is 57.2 Å². The quantitative estimate of drug-likeness (QED) is 0.506. The van der Waals surface area contributed by atoms with E-state index in [0.717, 1.165) is 10.8 Å². The molecule has 1 aromatic heterocycles. The highest BCUT2D eigenvalue weighted by molar-refractivity contribution is 5.81. The number of amides is 1. The summed E-state index contributed by atoms with van der Waals surface area (Å²) in [4.78, 5) is 36.3. The molecule has 9 nitrogen and oxygen atoms in total. The third-order valence-electron chi connectivity index (χ3n) is 3.86. The zero-order valence-corrected chi connectivity index (χ0v) is 12.9. The van der Waals surface area contributed by atoms with Crippen molar-refractivity contribution < 1.29 is 32.9 Å². The average Bonchev–Trinajstić information content (AvgIpc) is 2.83. The summed E-state index contributed by atoms with van der Waals surface area (Å²) in [5, 5.41) is 20.9. The van der Waals surface area contributed by atoms with Crippen LogP contribution < -0.4 is 16.6 Å². The summed E-state index contributed by atoms with van der Waals surface area (Å²) in [6.07, 6.45) is -7.89. The Morgan fingerprint density at radius 1 is 1.44 bits per heavy atom. The fourth-order valence-electron chi connectivity index (χ4n) is 2.54. The fraction of sp³-hybridized carbons (Fsp3) is 0.615. The van der Waals surface area contributed by atoms with Crippen molar-refractivity contribution in [1.29, 1.82) is 0 Å². The molecule has 0 aromatic carbocycles. The first kappa shape index (κ1) is 19.1. The Morgan fingerprint density at radius 3 is 2.64 bits per heavy atom. The van der Waals surface area contributed by atoms with Gasteiger partial charge in [0.1, 0.15) is 12.3 Å². The number of aliphatic hydroxyl groups is 2. The van der Waals surface area contributed by atoms with Gasteiger partial charge in [0.15, 0.2) is 0 Å². The van der Waals surface area contributed by atoms with E-state index in [0.29, 0.717) is 0 Å². The molecule has 1 aliphatic heterocycles. The number of carbonyl (C=O) groups excluding carboxylic acids is 1. The minimum Gasteiger partial charge on any atom is -0.394 e. The highest BCUT2D eigenvalue weighted by Gasteiger charge is 2.46. The number of hydrogen-bond acceptors (Lipinski definition) is 6. The molecule has 0 bridgehead atoms. The van der Waals surface area contributed by atoms with Gasteiger partial charge in [0.2, 0.25) is 0 Å². The number of carbonyl (C=O) groups is 1. The SMILES string of the molecule is Cc1cn([C@@H]2O[C@H](CO)[C@@H](O)[C@H]2CNC(=O)C(F)(F)F)c(=O)[nH]c1=O. The van der Waals surface area contributed by atoms with Crippen LogP contribution in [0, 0.1) is 12.8 Å². The Morgan fingerprint density at radius 2 is 2.08 bits per heavy atom. The van der Waals surface area contributed by atoms with Gasteiger partial charge in [-0.2, -0.15) is 13.2 Å². The number of H-pyrrole nitrogens is 1. The first-order valence-electron chi connectivity index (χ1n) is 7.17. The van der Waals surface area contributed by atoms with E-state index in [1.54, 1.807) is 5.32 Å². The number of nitrogens with zero attached hydrogens (tertiary/aromatic N) is 1. The molecule has 12 heteroatoms. The minimum atomic E-state index is -5.11. The van der Waals surface area contributed by atoms with Gasteiger partial charge in [0.25, 0.3) is 5.56 Å². The van der Waals surface area contributed by atoms with Crippen LogP contribution >= 0.6 is 0 Å². The van der Waals surface area contributed by atoms with Crippen molar-refractivity contribution in [2.24, 2.45) is 5.92 Å². The van der Waals surface area contributed by atoms with Crippen LogP contribution in [0.1, 0.15) is 11.8 Å². The van der Waals surface area contributed by atoms with Crippen LogP contribution in [0.15, 0.2) is 15.8 Å². The molecular weight excluding hydrogens is 351 g/mol. The molecule has 1 aliphatic rings. The number of ether oxygens (including phenoxy) is 1. The van der Waals surface area contributed by atoms with Crippen LogP contribution in [0.3, 0.4) is 0 Å². The highest BCUT2D eigenvalue weighted by atomic mass is 19.4. The standard InChI is InChI=1S/C13H16F3N3O6/c1-5-3-19(12(24)18-9(5)22)10-6(8(21)7(4-20)25-10)2-17-11(23)13(14,15)16/h3,6-8,10,20-21H,2,4H2,1H3,(H,17,23)(H,18,22,24)/t6-,7-,8+,10-/m1/s1. The van der Waals surface area contributed by atoms with E-state index in [1.807, 2.05) is 4.98 Å². The van der Waals surface area contributed by atoms with Gasteiger partial charge in [-0.3, -0.25) is 19.1 Å². The molecular formula is C13H16F3N3O6. The second-order valence-corrected chi connectivity index (χ2v) is 5.59. The largest absolute Gasteiger partial charge is 0.471 e. The molecule has 140 valence electrons. The van der Waals surface area contributed by atoms with Gasteiger partial charge in [-0.05, 0) is 6.92 Å². The smallest absolute Gasteiger partial charge is 0.394 e. The lowest BCUT2D eigenvalue weighted by atomic mass is 9.99. The van der Waals surface area contributed by atoms with Crippen LogP contribution in [-0.2, 0) is 9.53 Å². The molecule has 4 N–H and O–H groups in total. The molecule has 1 fully saturated rings. The number of aliphatic hydroxyl groups excluding tert-OH is 2. The number of alkyl halides is 3. The normalized spacial score (nSPS) is 26.6. The lowest BCUT2D eigenvalue weighted by Gasteiger charge is -2.22. The minimum absolute atomic E-state index is 0.128. The molecule has 0 radical (unpaired) electrons. The second-order valence-electron chi connectivity index (χ2n) is 5.59. The van der Waals surface area contributed by atoms with E-state index in [-0.39, 0.29) is 5.56 Å². The number of aromatic amines is 1. The zero-order valence-electron chi connectivity index (χ0n) is 12.9. The summed E-state index contributed by atoms with van der Waals surface area (Å²) < 4.78 is 43.1. The van der Waals surface area contributed by atoms with E-state index in [4.69, 9.17) is 4.74 Å². The number of hydrogen-bond donors (Lipinski definition) is 4. The van der Waals surface area contributed by atoms with E-state index in [9.17, 15) is 37.8 Å². The lowest BCUT2D eigenvalue weighted by Crippen LogP contribution is -2.44. The Kier molecular flexibility index (Phi) is 5.34. The first-order valence-corrected chi connectivity index (χ1v) is 7.17. The van der Waals surface area contributed by atoms with Crippen LogP contribution in [0.2, 0.25) is 0 Å². The van der Waals surface area contributed by atoms with Crippen LogP contribution in [0.4, 0.5) is 13.2 Å². The summed E-state index contributed by atoms with van der Waals surface area (Å²) >= 11 is 0. The lowest BCUT2D eigenvalue weighted by molar-refractivity contribution is -0.174. The van der Waals surface area contributed by atoms with Crippen LogP contribution in [0.25, 0.3) is 0 Å². The Balaban J connectivity index is 2.31. The molecule has 0 unspecified atom stereocenters. The van der Waals surface area contributed by atoms with Gasteiger partial charge in [-0.1, -0.05) is 0 Å². The van der Waals surface area contributed by atoms with Gasteiger partial charge >= 0.3 is 17.8 Å². The van der Waals surface area contributed by atoms with Crippen molar-refractivity contribution in [2.75, 3.05) is 13.2 Å². The molecule has 4 atom stereocenters. The molecule has 25 heavy (non-hydrogen) atoms. The van der Waals surface area contributed by atoms with Crippen molar-refractivity contribution in [3.05, 3.63) is 32.6 Å². The van der Waals surface area contributed by atoms with Crippen molar-refractivity contribution in [3.8, 4) is 0 Å². The first-order chi connectivity index (χ1) is 11.6. The predicted octanol–water partition coefficient (Wildman–Crippen LogP) is -1.61. The van der Waals surface area contributed by atoms with Gasteiger partial charge in [-0.25, -0.2) is 4.79 Å². The number of aryl methyl sites for hydroxylation is 1. The molecule has 1 amide bonds. The molecule has 2 heterocycles. The number of rotatable bonds is 4. The third-order valence-corrected chi connectivity index (χ3v) is 3.86. The fourth-order valence-corrected chi connectivity index (χ4v) is 2.54. The van der Waals surface area contributed by atoms with Gasteiger partial charge < -0.3 is 20.3 Å². The number of halogens is 3. The summed E-state index contributed by atoms with van der Waals surface area (Å²) in [5.74, 6) is -3.37. The predicted molar refractivity (Wildman–Crippen MR) is 75.6 cm³/mol. The van der Waals surface area contributed by atoms with Crippen molar-refractivity contribution in [1.82, 2.24) is 14.9 Å². The van der Waals surface area contributed by atoms with E-state index < -0.39 is 60.8 Å². The van der Waals surface area contributed by atoms with E-state index >= 15 is 0 Å².